The summed E-state index contributed by atoms with van der Waals surface area (Å²) in [6.07, 6.45) is 6.91. The first-order chi connectivity index (χ1) is 10.8. The van der Waals surface area contributed by atoms with Gasteiger partial charge < -0.3 is 10.2 Å². The number of rotatable bonds is 2. The molecule has 8 heteroatoms. The number of aromatic nitrogens is 2. The minimum absolute atomic E-state index is 0. The average Bonchev–Trinajstić information content (AvgIpc) is 3.14. The highest BCUT2D eigenvalue weighted by Gasteiger charge is 2.32. The second-order valence-corrected chi connectivity index (χ2v) is 6.95. The molecule has 2 saturated heterocycles. The van der Waals surface area contributed by atoms with Crippen molar-refractivity contribution in [1.29, 1.82) is 0 Å². The van der Waals surface area contributed by atoms with Crippen LogP contribution in [0.4, 0.5) is 0 Å². The van der Waals surface area contributed by atoms with Gasteiger partial charge in [0.1, 0.15) is 9.88 Å². The normalized spacial score (nSPS) is 22.2. The molecule has 4 rings (SSSR count). The molecule has 2 aliphatic rings. The number of carbonyl (C=O) groups excluding carboxylic acids is 1. The van der Waals surface area contributed by atoms with Crippen LogP contribution in [0.3, 0.4) is 0 Å². The largest absolute Gasteiger partial charge is 0.336 e. The van der Waals surface area contributed by atoms with Gasteiger partial charge >= 0.3 is 0 Å². The first kappa shape index (κ1) is 19.1. The third kappa shape index (κ3) is 3.88. The van der Waals surface area contributed by atoms with E-state index >= 15 is 0 Å². The Bertz CT molecular complexity index is 682. The van der Waals surface area contributed by atoms with E-state index in [-0.39, 0.29) is 30.7 Å². The van der Waals surface area contributed by atoms with Crippen molar-refractivity contribution in [3.63, 3.8) is 0 Å². The molecule has 2 unspecified atom stereocenters. The molecule has 24 heavy (non-hydrogen) atoms. The fourth-order valence-electron chi connectivity index (χ4n) is 3.26. The molecule has 1 N–H and O–H groups in total. The second-order valence-electron chi connectivity index (χ2n) is 5.92. The highest BCUT2D eigenvalue weighted by atomic mass is 35.5. The Hall–Kier alpha value is -1.21. The highest BCUT2D eigenvalue weighted by Crippen LogP contribution is 2.26. The molecule has 2 atom stereocenters. The SMILES string of the molecule is Cl.Cl.O=C(c1cnc(-c2ccccn2)s1)N1CCC2CCC(C1)N2. The van der Waals surface area contributed by atoms with E-state index in [4.69, 9.17) is 0 Å². The summed E-state index contributed by atoms with van der Waals surface area (Å²) < 4.78 is 0. The lowest BCUT2D eigenvalue weighted by Gasteiger charge is -2.23. The van der Waals surface area contributed by atoms with Crippen LogP contribution >= 0.6 is 36.2 Å². The summed E-state index contributed by atoms with van der Waals surface area (Å²) in [6, 6.07) is 6.78. The van der Waals surface area contributed by atoms with Gasteiger partial charge in [-0.05, 0) is 31.4 Å². The molecule has 1 amide bonds. The first-order valence-electron chi connectivity index (χ1n) is 7.72. The van der Waals surface area contributed by atoms with Gasteiger partial charge in [-0.3, -0.25) is 9.78 Å². The number of likely N-dealkylation sites (tertiary alicyclic amines) is 1. The fraction of sp³-hybridized carbons (Fsp3) is 0.438. The molecular formula is C16H20Cl2N4OS. The van der Waals surface area contributed by atoms with Crippen molar-refractivity contribution in [3.05, 3.63) is 35.5 Å². The maximum atomic E-state index is 12.7. The molecule has 0 aromatic carbocycles. The number of nitrogens with zero attached hydrogens (tertiary/aromatic N) is 3. The van der Waals surface area contributed by atoms with E-state index in [1.807, 2.05) is 23.1 Å². The van der Waals surface area contributed by atoms with Crippen LogP contribution in [0.1, 0.15) is 28.9 Å². The Balaban J connectivity index is 0.00000104. The van der Waals surface area contributed by atoms with E-state index in [0.29, 0.717) is 17.0 Å². The van der Waals surface area contributed by atoms with Crippen molar-refractivity contribution in [2.24, 2.45) is 0 Å². The number of pyridine rings is 1. The van der Waals surface area contributed by atoms with E-state index in [1.165, 1.54) is 24.2 Å². The van der Waals surface area contributed by atoms with Gasteiger partial charge in [-0.15, -0.1) is 36.2 Å². The molecule has 2 aromatic heterocycles. The van der Waals surface area contributed by atoms with Crippen LogP contribution < -0.4 is 5.32 Å². The smallest absolute Gasteiger partial charge is 0.265 e. The molecule has 5 nitrogen and oxygen atoms in total. The number of thiazole rings is 1. The van der Waals surface area contributed by atoms with Gasteiger partial charge in [0, 0.05) is 31.4 Å². The Morgan fingerprint density at radius 3 is 2.79 bits per heavy atom. The van der Waals surface area contributed by atoms with Crippen LogP contribution in [-0.4, -0.2) is 45.9 Å². The van der Waals surface area contributed by atoms with Crippen LogP contribution in [0.25, 0.3) is 10.7 Å². The van der Waals surface area contributed by atoms with Gasteiger partial charge in [0.2, 0.25) is 0 Å². The summed E-state index contributed by atoms with van der Waals surface area (Å²) in [5.41, 5.74) is 0.822. The highest BCUT2D eigenvalue weighted by molar-refractivity contribution is 7.16. The zero-order valence-electron chi connectivity index (χ0n) is 13.1. The number of amides is 1. The molecule has 0 saturated carbocycles. The topological polar surface area (TPSA) is 58.1 Å². The van der Waals surface area contributed by atoms with Gasteiger partial charge in [0.05, 0.1) is 11.9 Å². The number of nitrogens with one attached hydrogen (secondary N) is 1. The Morgan fingerprint density at radius 1 is 1.17 bits per heavy atom. The maximum absolute atomic E-state index is 12.7. The molecule has 2 bridgehead atoms. The minimum Gasteiger partial charge on any atom is -0.336 e. The zero-order chi connectivity index (χ0) is 14.9. The van der Waals surface area contributed by atoms with Crippen LogP contribution in [0.5, 0.6) is 0 Å². The van der Waals surface area contributed by atoms with Crippen LogP contribution in [0, 0.1) is 0 Å². The Labute approximate surface area is 157 Å². The van der Waals surface area contributed by atoms with Gasteiger partial charge in [0.25, 0.3) is 5.91 Å². The van der Waals surface area contributed by atoms with E-state index in [2.05, 4.69) is 15.3 Å². The maximum Gasteiger partial charge on any atom is 0.265 e. The summed E-state index contributed by atoms with van der Waals surface area (Å²) in [5, 5.41) is 4.41. The Kier molecular flexibility index (Phi) is 6.57. The molecule has 2 aliphatic heterocycles. The molecule has 4 heterocycles. The number of carbonyl (C=O) groups is 1. The molecular weight excluding hydrogens is 367 g/mol. The third-order valence-corrected chi connectivity index (χ3v) is 5.42. The lowest BCUT2D eigenvalue weighted by molar-refractivity contribution is 0.0753. The van der Waals surface area contributed by atoms with E-state index in [1.54, 1.807) is 12.4 Å². The molecule has 0 spiro atoms. The lowest BCUT2D eigenvalue weighted by atomic mass is 10.1. The quantitative estimate of drug-likeness (QED) is 0.861. The summed E-state index contributed by atoms with van der Waals surface area (Å²) in [6.45, 7) is 1.65. The summed E-state index contributed by atoms with van der Waals surface area (Å²) >= 11 is 1.43. The summed E-state index contributed by atoms with van der Waals surface area (Å²) in [5.74, 6) is 0.106. The zero-order valence-corrected chi connectivity index (χ0v) is 15.5. The monoisotopic (exact) mass is 386 g/mol. The molecule has 0 radical (unpaired) electrons. The van der Waals surface area contributed by atoms with Crippen molar-refractivity contribution in [2.45, 2.75) is 31.3 Å². The van der Waals surface area contributed by atoms with E-state index in [0.717, 1.165) is 30.2 Å². The van der Waals surface area contributed by atoms with E-state index < -0.39 is 0 Å². The predicted octanol–water partition coefficient (Wildman–Crippen LogP) is 3.02. The van der Waals surface area contributed by atoms with Crippen molar-refractivity contribution >= 4 is 42.1 Å². The molecule has 2 aromatic rings. The van der Waals surface area contributed by atoms with Crippen LogP contribution in [-0.2, 0) is 0 Å². The number of fused-ring (bicyclic) bond motifs is 2. The minimum atomic E-state index is 0. The number of hydrogen-bond donors (Lipinski definition) is 1. The van der Waals surface area contributed by atoms with Crippen LogP contribution in [0.2, 0.25) is 0 Å². The third-order valence-electron chi connectivity index (χ3n) is 4.41. The van der Waals surface area contributed by atoms with Gasteiger partial charge in [-0.1, -0.05) is 6.07 Å². The molecule has 130 valence electrons. The van der Waals surface area contributed by atoms with Crippen molar-refractivity contribution in [1.82, 2.24) is 20.2 Å². The number of hydrogen-bond acceptors (Lipinski definition) is 5. The average molecular weight is 387 g/mol. The first-order valence-corrected chi connectivity index (χ1v) is 8.54. The standard InChI is InChI=1S/C16H18N4OS.2ClH/c21-16(20-8-6-11-4-5-12(10-20)19-11)14-9-18-15(22-14)13-3-1-2-7-17-13;;/h1-3,7,9,11-12,19H,4-6,8,10H2;2*1H. The molecule has 0 aliphatic carbocycles. The Morgan fingerprint density at radius 2 is 2.00 bits per heavy atom. The summed E-state index contributed by atoms with van der Waals surface area (Å²) in [7, 11) is 0. The fourth-order valence-corrected chi connectivity index (χ4v) is 4.12. The van der Waals surface area contributed by atoms with Gasteiger partial charge in [-0.2, -0.15) is 0 Å². The van der Waals surface area contributed by atoms with Gasteiger partial charge in [-0.25, -0.2) is 4.98 Å². The van der Waals surface area contributed by atoms with E-state index in [9.17, 15) is 4.79 Å². The number of halogens is 2. The molecule has 2 fully saturated rings. The summed E-state index contributed by atoms with van der Waals surface area (Å²) in [4.78, 5) is 24.1. The predicted molar refractivity (Wildman–Crippen MR) is 100 cm³/mol. The van der Waals surface area contributed by atoms with Crippen molar-refractivity contribution in [3.8, 4) is 10.7 Å². The van der Waals surface area contributed by atoms with Gasteiger partial charge in [0.15, 0.2) is 0 Å². The van der Waals surface area contributed by atoms with Crippen molar-refractivity contribution in [2.75, 3.05) is 13.1 Å². The van der Waals surface area contributed by atoms with Crippen molar-refractivity contribution < 1.29 is 4.79 Å². The van der Waals surface area contributed by atoms with Crippen LogP contribution in [0.15, 0.2) is 30.6 Å². The lowest BCUT2D eigenvalue weighted by Crippen LogP contribution is -2.38. The second kappa shape index (κ2) is 8.25.